The van der Waals surface area contributed by atoms with E-state index in [2.05, 4.69) is 54.6 Å². The van der Waals surface area contributed by atoms with Crippen LogP contribution in [0.25, 0.3) is 26.5 Å². The zero-order chi connectivity index (χ0) is 27.4. The molecule has 6 heteroatoms. The predicted octanol–water partition coefficient (Wildman–Crippen LogP) is 9.71. The Bertz CT molecular complexity index is 1560. The monoisotopic (exact) mass is 568 g/mol. The van der Waals surface area contributed by atoms with Gasteiger partial charge in [-0.15, -0.1) is 22.7 Å². The fourth-order valence-corrected chi connectivity index (χ4v) is 6.17. The van der Waals surface area contributed by atoms with Crippen LogP contribution < -0.4 is 4.74 Å². The Labute approximate surface area is 241 Å². The summed E-state index contributed by atoms with van der Waals surface area (Å²) >= 11 is 9.13. The van der Waals surface area contributed by atoms with E-state index in [-0.39, 0.29) is 11.6 Å². The third kappa shape index (κ3) is 6.45. The smallest absolute Gasteiger partial charge is 0.169 e. The van der Waals surface area contributed by atoms with E-state index >= 15 is 0 Å². The molecule has 5 aromatic rings. The molecule has 3 aromatic carbocycles. The van der Waals surface area contributed by atoms with Crippen LogP contribution in [0.1, 0.15) is 44.3 Å². The van der Waals surface area contributed by atoms with Crippen LogP contribution in [0.4, 0.5) is 0 Å². The van der Waals surface area contributed by atoms with Crippen molar-refractivity contribution in [1.82, 2.24) is 0 Å². The van der Waals surface area contributed by atoms with Gasteiger partial charge in [0.1, 0.15) is 12.4 Å². The van der Waals surface area contributed by atoms with Crippen LogP contribution in [-0.2, 0) is 0 Å². The molecule has 0 fully saturated rings. The van der Waals surface area contributed by atoms with Gasteiger partial charge in [0.15, 0.2) is 11.6 Å². The van der Waals surface area contributed by atoms with Gasteiger partial charge in [-0.3, -0.25) is 9.59 Å². The van der Waals surface area contributed by atoms with Crippen LogP contribution in [-0.4, -0.2) is 18.2 Å². The summed E-state index contributed by atoms with van der Waals surface area (Å²) in [6, 6.07) is 31.8. The van der Waals surface area contributed by atoms with Crippen LogP contribution in [0.2, 0.25) is 5.02 Å². The highest BCUT2D eigenvalue weighted by molar-refractivity contribution is 7.17. The Kier molecular flexibility index (Phi) is 8.22. The van der Waals surface area contributed by atoms with Crippen molar-refractivity contribution in [3.63, 3.8) is 0 Å². The third-order valence-corrected chi connectivity index (χ3v) is 8.91. The first-order valence-electron chi connectivity index (χ1n) is 12.4. The standard InChI is InChI=1S/C33H25ClO3S2/c1-21(35)30-14-16-32(38-30)25-10-6-23(7-11-25)29(18-19-37-28-5-3-4-27(34)20-28)24-8-12-26(13-9-24)33-17-15-31(39-33)22(2)36/h3-18,20H,19H2,1-2H3. The fourth-order valence-electron chi connectivity index (χ4n) is 4.17. The summed E-state index contributed by atoms with van der Waals surface area (Å²) in [4.78, 5) is 27.1. The summed E-state index contributed by atoms with van der Waals surface area (Å²) in [5, 5.41) is 0.630. The lowest BCUT2D eigenvalue weighted by molar-refractivity contribution is 0.101. The number of Topliss-reactive ketones (excluding diaryl/α,β-unsaturated/α-hetero) is 2. The molecule has 3 nitrogen and oxygen atoms in total. The van der Waals surface area contributed by atoms with Gasteiger partial charge in [-0.1, -0.05) is 66.2 Å². The average Bonchev–Trinajstić information content (AvgIpc) is 3.63. The lowest BCUT2D eigenvalue weighted by atomic mass is 9.95. The molecule has 0 unspecified atom stereocenters. The Morgan fingerprint density at radius 3 is 1.67 bits per heavy atom. The molecule has 0 saturated carbocycles. The summed E-state index contributed by atoms with van der Waals surface area (Å²) < 4.78 is 5.98. The number of rotatable bonds is 9. The van der Waals surface area contributed by atoms with Gasteiger partial charge in [-0.2, -0.15) is 0 Å². The Hall–Kier alpha value is -3.77. The summed E-state index contributed by atoms with van der Waals surface area (Å²) in [6.45, 7) is 3.55. The summed E-state index contributed by atoms with van der Waals surface area (Å²) in [7, 11) is 0. The van der Waals surface area contributed by atoms with Gasteiger partial charge in [0, 0.05) is 14.8 Å². The number of ether oxygens (including phenoxy) is 1. The molecule has 0 radical (unpaired) electrons. The second kappa shape index (κ2) is 12.0. The average molecular weight is 569 g/mol. The molecule has 0 saturated heterocycles. The van der Waals surface area contributed by atoms with Crippen molar-refractivity contribution in [2.45, 2.75) is 13.8 Å². The van der Waals surface area contributed by atoms with Crippen molar-refractivity contribution in [3.05, 3.63) is 129 Å². The van der Waals surface area contributed by atoms with Crippen molar-refractivity contribution < 1.29 is 14.3 Å². The summed E-state index contributed by atoms with van der Waals surface area (Å²) in [5.74, 6) is 0.870. The minimum atomic E-state index is 0.0799. The van der Waals surface area contributed by atoms with E-state index < -0.39 is 0 Å². The maximum Gasteiger partial charge on any atom is 0.169 e. The van der Waals surface area contributed by atoms with E-state index in [1.165, 1.54) is 22.7 Å². The van der Waals surface area contributed by atoms with Crippen molar-refractivity contribution in [3.8, 4) is 26.6 Å². The van der Waals surface area contributed by atoms with Gasteiger partial charge >= 0.3 is 0 Å². The molecule has 0 atom stereocenters. The Balaban J connectivity index is 1.44. The highest BCUT2D eigenvalue weighted by Gasteiger charge is 2.11. The van der Waals surface area contributed by atoms with Gasteiger partial charge in [0.2, 0.25) is 0 Å². The number of halogens is 1. The van der Waals surface area contributed by atoms with Crippen LogP contribution in [0.5, 0.6) is 5.75 Å². The normalized spacial score (nSPS) is 10.7. The molecule has 2 heterocycles. The number of thiophene rings is 2. The zero-order valence-electron chi connectivity index (χ0n) is 21.4. The molecular formula is C33H25ClO3S2. The van der Waals surface area contributed by atoms with E-state index in [0.29, 0.717) is 17.4 Å². The van der Waals surface area contributed by atoms with Gasteiger partial charge in [0.25, 0.3) is 0 Å². The van der Waals surface area contributed by atoms with Crippen LogP contribution in [0, 0.1) is 0 Å². The highest BCUT2D eigenvalue weighted by atomic mass is 35.5. The lowest BCUT2D eigenvalue weighted by Crippen LogP contribution is -1.97. The Morgan fingerprint density at radius 1 is 0.718 bits per heavy atom. The second-order valence-electron chi connectivity index (χ2n) is 8.98. The molecule has 5 rings (SSSR count). The molecule has 0 amide bonds. The Morgan fingerprint density at radius 2 is 1.23 bits per heavy atom. The van der Waals surface area contributed by atoms with Gasteiger partial charge in [0.05, 0.1) is 9.75 Å². The van der Waals surface area contributed by atoms with E-state index in [0.717, 1.165) is 47.3 Å². The molecule has 39 heavy (non-hydrogen) atoms. The fraction of sp³-hybridized carbons (Fsp3) is 0.0909. The summed E-state index contributed by atoms with van der Waals surface area (Å²) in [5.41, 5.74) is 5.29. The van der Waals surface area contributed by atoms with Crippen molar-refractivity contribution in [2.75, 3.05) is 6.61 Å². The highest BCUT2D eigenvalue weighted by Crippen LogP contribution is 2.33. The first-order valence-corrected chi connectivity index (χ1v) is 14.4. The molecular weight excluding hydrogens is 544 g/mol. The molecule has 0 spiro atoms. The van der Waals surface area contributed by atoms with Crippen LogP contribution >= 0.6 is 34.3 Å². The van der Waals surface area contributed by atoms with Crippen molar-refractivity contribution in [2.24, 2.45) is 0 Å². The topological polar surface area (TPSA) is 43.4 Å². The first kappa shape index (κ1) is 26.8. The maximum absolute atomic E-state index is 11.7. The SMILES string of the molecule is CC(=O)c1ccc(-c2ccc(C(=CCOc3cccc(Cl)c3)c3ccc(-c4ccc(C(C)=O)s4)cc3)cc2)s1. The van der Waals surface area contributed by atoms with Crippen molar-refractivity contribution in [1.29, 1.82) is 0 Å². The molecule has 0 aliphatic rings. The molecule has 2 aromatic heterocycles. The van der Waals surface area contributed by atoms with Gasteiger partial charge in [-0.05, 0) is 90.2 Å². The van der Waals surface area contributed by atoms with E-state index in [1.807, 2.05) is 42.5 Å². The van der Waals surface area contributed by atoms with E-state index in [1.54, 1.807) is 19.9 Å². The zero-order valence-corrected chi connectivity index (χ0v) is 23.8. The van der Waals surface area contributed by atoms with Crippen LogP contribution in [0.15, 0.2) is 103 Å². The lowest BCUT2D eigenvalue weighted by Gasteiger charge is -2.12. The van der Waals surface area contributed by atoms with E-state index in [4.69, 9.17) is 16.3 Å². The number of carbonyl (C=O) groups excluding carboxylic acids is 2. The summed E-state index contributed by atoms with van der Waals surface area (Å²) in [6.07, 6.45) is 2.07. The minimum Gasteiger partial charge on any atom is -0.489 e. The molecule has 0 N–H and O–H groups in total. The second-order valence-corrected chi connectivity index (χ2v) is 11.6. The molecule has 194 valence electrons. The number of carbonyl (C=O) groups is 2. The third-order valence-electron chi connectivity index (χ3n) is 6.20. The minimum absolute atomic E-state index is 0.0799. The van der Waals surface area contributed by atoms with E-state index in [9.17, 15) is 9.59 Å². The number of hydrogen-bond donors (Lipinski definition) is 0. The van der Waals surface area contributed by atoms with Gasteiger partial charge in [-0.25, -0.2) is 0 Å². The number of benzene rings is 3. The van der Waals surface area contributed by atoms with Crippen molar-refractivity contribution >= 4 is 51.4 Å². The molecule has 0 aliphatic heterocycles. The molecule has 0 aliphatic carbocycles. The maximum atomic E-state index is 11.7. The molecule has 0 bridgehead atoms. The van der Waals surface area contributed by atoms with Crippen LogP contribution in [0.3, 0.4) is 0 Å². The van der Waals surface area contributed by atoms with Gasteiger partial charge < -0.3 is 4.74 Å². The largest absolute Gasteiger partial charge is 0.489 e. The number of hydrogen-bond acceptors (Lipinski definition) is 5. The predicted molar refractivity (Wildman–Crippen MR) is 164 cm³/mol. The quantitative estimate of drug-likeness (QED) is 0.166. The number of ketones is 2. The first-order chi connectivity index (χ1) is 18.9.